The number of benzene rings is 2. The number of nitrogens with zero attached hydrogens (tertiary/aromatic N) is 1. The maximum absolute atomic E-state index is 12.1. The van der Waals surface area contributed by atoms with Crippen molar-refractivity contribution in [2.45, 2.75) is 13.3 Å². The molecule has 3 aromatic rings. The number of halogens is 1. The number of aryl methyl sites for hydroxylation is 1. The molecule has 2 aromatic carbocycles. The topological polar surface area (TPSA) is 54.0 Å². The fraction of sp³-hybridized carbons (Fsp3) is 0.100. The molecule has 4 nitrogen and oxygen atoms in total. The number of pyridine rings is 1. The summed E-state index contributed by atoms with van der Waals surface area (Å²) < 4.78 is 0.961. The molecular formula is C20H18BrN3O. The molecule has 0 bridgehead atoms. The molecule has 0 aliphatic heterocycles. The summed E-state index contributed by atoms with van der Waals surface area (Å²) in [6.07, 6.45) is 2.01. The van der Waals surface area contributed by atoms with Crippen molar-refractivity contribution < 1.29 is 4.79 Å². The van der Waals surface area contributed by atoms with Crippen molar-refractivity contribution in [3.63, 3.8) is 0 Å². The minimum Gasteiger partial charge on any atom is -0.354 e. The van der Waals surface area contributed by atoms with Gasteiger partial charge in [-0.25, -0.2) is 4.98 Å². The van der Waals surface area contributed by atoms with Crippen LogP contribution in [0.2, 0.25) is 0 Å². The number of nitrogens with one attached hydrogen (secondary N) is 2. The second kappa shape index (κ2) is 7.94. The summed E-state index contributed by atoms with van der Waals surface area (Å²) in [6.45, 7) is 2.05. The Balaban J connectivity index is 1.58. The lowest BCUT2D eigenvalue weighted by Gasteiger charge is -2.08. The van der Waals surface area contributed by atoms with E-state index >= 15 is 0 Å². The van der Waals surface area contributed by atoms with E-state index in [0.29, 0.717) is 12.2 Å². The van der Waals surface area contributed by atoms with Crippen LogP contribution < -0.4 is 10.6 Å². The van der Waals surface area contributed by atoms with E-state index < -0.39 is 0 Å². The van der Waals surface area contributed by atoms with Gasteiger partial charge in [0.1, 0.15) is 5.82 Å². The predicted molar refractivity (Wildman–Crippen MR) is 105 cm³/mol. The largest absolute Gasteiger partial charge is 0.354 e. The Hall–Kier alpha value is -2.66. The molecule has 0 saturated heterocycles. The summed E-state index contributed by atoms with van der Waals surface area (Å²) in [4.78, 5) is 16.4. The molecule has 0 saturated carbocycles. The van der Waals surface area contributed by atoms with Crippen molar-refractivity contribution in [3.8, 4) is 0 Å². The zero-order valence-corrected chi connectivity index (χ0v) is 15.4. The van der Waals surface area contributed by atoms with E-state index in [2.05, 4.69) is 38.5 Å². The molecule has 0 atom stereocenters. The van der Waals surface area contributed by atoms with E-state index in [0.717, 1.165) is 21.4 Å². The minimum absolute atomic E-state index is 0.0927. The number of amides is 1. The van der Waals surface area contributed by atoms with Crippen molar-refractivity contribution in [2.75, 3.05) is 10.6 Å². The number of hydrogen-bond donors (Lipinski definition) is 2. The third-order valence-electron chi connectivity index (χ3n) is 3.62. The normalized spacial score (nSPS) is 10.3. The SMILES string of the molecule is Cc1ccc(Nc2ccc(NC(=O)Cc3cccc(Br)c3)nc2)cc1. The quantitative estimate of drug-likeness (QED) is 0.633. The van der Waals surface area contributed by atoms with Crippen LogP contribution in [0.25, 0.3) is 0 Å². The Morgan fingerprint density at radius 1 is 1.04 bits per heavy atom. The zero-order valence-electron chi connectivity index (χ0n) is 13.8. The van der Waals surface area contributed by atoms with Gasteiger partial charge in [0.25, 0.3) is 0 Å². The molecular weight excluding hydrogens is 378 g/mol. The molecule has 1 amide bonds. The zero-order chi connectivity index (χ0) is 17.6. The van der Waals surface area contributed by atoms with Crippen LogP contribution in [0.3, 0.4) is 0 Å². The maximum Gasteiger partial charge on any atom is 0.229 e. The van der Waals surface area contributed by atoms with Crippen molar-refractivity contribution >= 4 is 39.0 Å². The van der Waals surface area contributed by atoms with Crippen molar-refractivity contribution in [3.05, 3.63) is 82.5 Å². The van der Waals surface area contributed by atoms with Crippen LogP contribution in [0, 0.1) is 6.92 Å². The van der Waals surface area contributed by atoms with Gasteiger partial charge in [0.2, 0.25) is 5.91 Å². The molecule has 1 heterocycles. The standard InChI is InChI=1S/C20H18BrN3O/c1-14-5-7-17(8-6-14)23-18-9-10-19(22-13-18)24-20(25)12-15-3-2-4-16(21)11-15/h2-11,13,23H,12H2,1H3,(H,22,24,25). The Labute approximate surface area is 155 Å². The van der Waals surface area contributed by atoms with Gasteiger partial charge in [-0.3, -0.25) is 4.79 Å². The average Bonchev–Trinajstić information content (AvgIpc) is 2.59. The van der Waals surface area contributed by atoms with E-state index in [1.807, 2.05) is 54.6 Å². The minimum atomic E-state index is -0.0927. The first-order valence-electron chi connectivity index (χ1n) is 7.92. The molecule has 2 N–H and O–H groups in total. The first kappa shape index (κ1) is 17.2. The van der Waals surface area contributed by atoms with E-state index in [4.69, 9.17) is 0 Å². The van der Waals surface area contributed by atoms with Crippen LogP contribution in [-0.4, -0.2) is 10.9 Å². The number of carbonyl (C=O) groups is 1. The summed E-state index contributed by atoms with van der Waals surface area (Å²) in [6, 6.07) is 19.5. The molecule has 0 aliphatic rings. The number of carbonyl (C=O) groups excluding carboxylic acids is 1. The molecule has 3 rings (SSSR count). The molecule has 0 aliphatic carbocycles. The van der Waals surface area contributed by atoms with Gasteiger partial charge in [-0.15, -0.1) is 0 Å². The van der Waals surface area contributed by atoms with Gasteiger partial charge in [0.05, 0.1) is 18.3 Å². The molecule has 25 heavy (non-hydrogen) atoms. The average molecular weight is 396 g/mol. The van der Waals surface area contributed by atoms with Crippen LogP contribution in [0.4, 0.5) is 17.2 Å². The Morgan fingerprint density at radius 3 is 2.48 bits per heavy atom. The van der Waals surface area contributed by atoms with Crippen molar-refractivity contribution in [1.82, 2.24) is 4.98 Å². The van der Waals surface area contributed by atoms with E-state index in [1.165, 1.54) is 5.56 Å². The lowest BCUT2D eigenvalue weighted by Crippen LogP contribution is -2.15. The van der Waals surface area contributed by atoms with Crippen LogP contribution in [0.5, 0.6) is 0 Å². The molecule has 126 valence electrons. The first-order chi connectivity index (χ1) is 12.1. The summed E-state index contributed by atoms with van der Waals surface area (Å²) in [5.74, 6) is 0.444. The number of anilines is 3. The number of hydrogen-bond acceptors (Lipinski definition) is 3. The fourth-order valence-corrected chi connectivity index (χ4v) is 2.81. The van der Waals surface area contributed by atoms with Crippen molar-refractivity contribution in [1.29, 1.82) is 0 Å². The summed E-state index contributed by atoms with van der Waals surface area (Å²) in [5, 5.41) is 6.09. The van der Waals surface area contributed by atoms with Crippen LogP contribution in [-0.2, 0) is 11.2 Å². The Bertz CT molecular complexity index is 861. The third kappa shape index (κ3) is 5.16. The van der Waals surface area contributed by atoms with Gasteiger partial charge < -0.3 is 10.6 Å². The molecule has 0 spiro atoms. The summed E-state index contributed by atoms with van der Waals surface area (Å²) in [7, 11) is 0. The predicted octanol–water partition coefficient (Wildman–Crippen LogP) is 5.08. The molecule has 5 heteroatoms. The lowest BCUT2D eigenvalue weighted by atomic mass is 10.1. The number of aromatic nitrogens is 1. The molecule has 0 unspecified atom stereocenters. The molecule has 1 aromatic heterocycles. The van der Waals surface area contributed by atoms with Gasteiger partial charge >= 0.3 is 0 Å². The van der Waals surface area contributed by atoms with Gasteiger partial charge in [0.15, 0.2) is 0 Å². The Kier molecular flexibility index (Phi) is 5.46. The maximum atomic E-state index is 12.1. The van der Waals surface area contributed by atoms with Gasteiger partial charge in [-0.1, -0.05) is 45.8 Å². The number of rotatable bonds is 5. The monoisotopic (exact) mass is 395 g/mol. The molecule has 0 radical (unpaired) electrons. The molecule has 0 fully saturated rings. The van der Waals surface area contributed by atoms with Crippen LogP contribution in [0.1, 0.15) is 11.1 Å². The van der Waals surface area contributed by atoms with Gasteiger partial charge in [-0.2, -0.15) is 0 Å². The van der Waals surface area contributed by atoms with Crippen molar-refractivity contribution in [2.24, 2.45) is 0 Å². The lowest BCUT2D eigenvalue weighted by molar-refractivity contribution is -0.115. The highest BCUT2D eigenvalue weighted by Crippen LogP contribution is 2.18. The Morgan fingerprint density at radius 2 is 1.80 bits per heavy atom. The van der Waals surface area contributed by atoms with Crippen LogP contribution in [0.15, 0.2) is 71.3 Å². The van der Waals surface area contributed by atoms with E-state index in [9.17, 15) is 4.79 Å². The van der Waals surface area contributed by atoms with E-state index in [-0.39, 0.29) is 5.91 Å². The second-order valence-electron chi connectivity index (χ2n) is 5.78. The van der Waals surface area contributed by atoms with Gasteiger partial charge in [-0.05, 0) is 48.9 Å². The third-order valence-corrected chi connectivity index (χ3v) is 4.12. The highest BCUT2D eigenvalue weighted by Gasteiger charge is 2.05. The van der Waals surface area contributed by atoms with E-state index in [1.54, 1.807) is 12.3 Å². The first-order valence-corrected chi connectivity index (χ1v) is 8.72. The van der Waals surface area contributed by atoms with Crippen LogP contribution >= 0.6 is 15.9 Å². The fourth-order valence-electron chi connectivity index (χ4n) is 2.36. The summed E-state index contributed by atoms with van der Waals surface area (Å²) >= 11 is 3.41. The second-order valence-corrected chi connectivity index (χ2v) is 6.69. The highest BCUT2D eigenvalue weighted by atomic mass is 79.9. The smallest absolute Gasteiger partial charge is 0.229 e. The summed E-state index contributed by atoms with van der Waals surface area (Å²) in [5.41, 5.74) is 4.03. The highest BCUT2D eigenvalue weighted by molar-refractivity contribution is 9.10. The van der Waals surface area contributed by atoms with Gasteiger partial charge in [0, 0.05) is 10.2 Å².